The molecular weight excluding hydrogens is 318 g/mol. The summed E-state index contributed by atoms with van der Waals surface area (Å²) >= 11 is 0. The first-order valence-corrected chi connectivity index (χ1v) is 9.07. The Morgan fingerprint density at radius 3 is 2.33 bits per heavy atom. The lowest BCUT2D eigenvalue weighted by Gasteiger charge is -2.11. The Balaban J connectivity index is 4.20. The fraction of sp³-hybridized carbons (Fsp3) is 0.500. The van der Waals surface area contributed by atoms with E-state index in [1.165, 1.54) is 6.08 Å². The van der Waals surface area contributed by atoms with E-state index in [0.29, 0.717) is 12.8 Å². The van der Waals surface area contributed by atoms with Crippen molar-refractivity contribution in [3.63, 3.8) is 0 Å². The Hall–Kier alpha value is -0.700. The van der Waals surface area contributed by atoms with Crippen molar-refractivity contribution in [2.75, 3.05) is 6.61 Å². The van der Waals surface area contributed by atoms with Crippen molar-refractivity contribution in [2.24, 2.45) is 0 Å². The lowest BCUT2D eigenvalue weighted by atomic mass is 10.1. The summed E-state index contributed by atoms with van der Waals surface area (Å²) in [5.74, 6) is 2.54. The third kappa shape index (κ3) is 12.7. The maximum atomic E-state index is 11.1. The molecule has 1 atom stereocenters. The molecule has 0 amide bonds. The minimum Gasteiger partial charge on any atom is -0.302 e. The molecule has 0 aromatic heterocycles. The molecule has 9 heteroatoms. The van der Waals surface area contributed by atoms with E-state index in [9.17, 15) is 9.13 Å². The molecule has 0 aliphatic heterocycles. The van der Waals surface area contributed by atoms with Gasteiger partial charge in [0.15, 0.2) is 0 Å². The maximum Gasteiger partial charge on any atom is 0.481 e. The van der Waals surface area contributed by atoms with Crippen LogP contribution in [0.5, 0.6) is 0 Å². The Bertz CT molecular complexity index is 524. The van der Waals surface area contributed by atoms with Gasteiger partial charge in [0.2, 0.25) is 0 Å². The molecule has 0 saturated heterocycles. The van der Waals surface area contributed by atoms with Gasteiger partial charge in [0, 0.05) is 6.42 Å². The minimum absolute atomic E-state index is 0.285. The molecule has 120 valence electrons. The molecular formula is C12H20O7P2. The van der Waals surface area contributed by atoms with Crippen LogP contribution in [-0.2, 0) is 18.0 Å². The molecule has 0 bridgehead atoms. The highest BCUT2D eigenvalue weighted by Gasteiger charge is 2.31. The van der Waals surface area contributed by atoms with Crippen LogP contribution in [0.2, 0.25) is 0 Å². The Morgan fingerprint density at radius 1 is 1.19 bits per heavy atom. The number of allylic oxidation sites excluding steroid dienone is 3. The summed E-state index contributed by atoms with van der Waals surface area (Å²) in [7, 11) is -9.83. The summed E-state index contributed by atoms with van der Waals surface area (Å²) in [6.45, 7) is 3.45. The van der Waals surface area contributed by atoms with Gasteiger partial charge in [-0.25, -0.2) is 9.13 Å². The number of hydrogen-bond acceptors (Lipinski definition) is 4. The molecule has 3 N–H and O–H groups in total. The average molecular weight is 338 g/mol. The van der Waals surface area contributed by atoms with Gasteiger partial charge in [-0.1, -0.05) is 23.3 Å². The predicted molar refractivity (Wildman–Crippen MR) is 79.1 cm³/mol. The average Bonchev–Trinajstić information content (AvgIpc) is 2.25. The van der Waals surface area contributed by atoms with Crippen molar-refractivity contribution in [2.45, 2.75) is 33.1 Å². The van der Waals surface area contributed by atoms with Gasteiger partial charge in [-0.15, -0.1) is 12.3 Å². The van der Waals surface area contributed by atoms with E-state index in [4.69, 9.17) is 21.1 Å². The monoisotopic (exact) mass is 338 g/mol. The van der Waals surface area contributed by atoms with Gasteiger partial charge in [0.05, 0.1) is 6.61 Å². The number of hydrogen-bond donors (Lipinski definition) is 3. The predicted octanol–water partition coefficient (Wildman–Crippen LogP) is 2.91. The van der Waals surface area contributed by atoms with Crippen LogP contribution in [-0.4, -0.2) is 21.3 Å². The highest BCUT2D eigenvalue weighted by atomic mass is 31.3. The smallest absolute Gasteiger partial charge is 0.302 e. The van der Waals surface area contributed by atoms with Crippen LogP contribution >= 0.6 is 15.6 Å². The topological polar surface area (TPSA) is 113 Å². The Morgan fingerprint density at radius 2 is 1.81 bits per heavy atom. The van der Waals surface area contributed by atoms with Gasteiger partial charge >= 0.3 is 15.6 Å². The first kappa shape index (κ1) is 20.3. The molecule has 0 aromatic rings. The molecule has 0 rings (SSSR count). The standard InChI is InChI=1S/C12H20O7P2/c1-4-6-11(2)7-5-8-12(3)9-10-18-21(16,17)19-20(13,14)15/h1,7,9H,5-6,8,10H2,2-3H3,(H,16,17)(H2,13,14,15). The van der Waals surface area contributed by atoms with Crippen molar-refractivity contribution in [3.05, 3.63) is 23.3 Å². The summed E-state index contributed by atoms with van der Waals surface area (Å²) in [6.07, 6.45) is 10.8. The maximum absolute atomic E-state index is 11.1. The molecule has 0 radical (unpaired) electrons. The van der Waals surface area contributed by atoms with Crippen LogP contribution in [0, 0.1) is 12.3 Å². The molecule has 0 fully saturated rings. The summed E-state index contributed by atoms with van der Waals surface area (Å²) in [4.78, 5) is 25.9. The van der Waals surface area contributed by atoms with Crippen molar-refractivity contribution in [1.29, 1.82) is 0 Å². The van der Waals surface area contributed by atoms with E-state index in [0.717, 1.165) is 17.6 Å². The fourth-order valence-corrected chi connectivity index (χ4v) is 2.84. The molecule has 1 unspecified atom stereocenters. The highest BCUT2D eigenvalue weighted by Crippen LogP contribution is 2.57. The van der Waals surface area contributed by atoms with E-state index in [-0.39, 0.29) is 6.61 Å². The fourth-order valence-electron chi connectivity index (χ4n) is 1.31. The van der Waals surface area contributed by atoms with Crippen molar-refractivity contribution in [1.82, 2.24) is 0 Å². The van der Waals surface area contributed by atoms with E-state index in [1.54, 1.807) is 6.92 Å². The molecule has 7 nitrogen and oxygen atoms in total. The molecule has 21 heavy (non-hydrogen) atoms. The number of terminal acetylenes is 1. The molecule has 0 aliphatic carbocycles. The van der Waals surface area contributed by atoms with Gasteiger partial charge in [0.25, 0.3) is 0 Å². The van der Waals surface area contributed by atoms with Gasteiger partial charge in [-0.3, -0.25) is 4.52 Å². The zero-order valence-corrected chi connectivity index (χ0v) is 13.7. The lowest BCUT2D eigenvalue weighted by Crippen LogP contribution is -1.94. The van der Waals surface area contributed by atoms with E-state index < -0.39 is 15.6 Å². The summed E-state index contributed by atoms with van der Waals surface area (Å²) in [6, 6.07) is 0. The third-order valence-electron chi connectivity index (χ3n) is 2.29. The largest absolute Gasteiger partial charge is 0.481 e. The molecule has 0 saturated carbocycles. The second kappa shape index (κ2) is 9.34. The number of phosphoric ester groups is 1. The zero-order chi connectivity index (χ0) is 16.5. The van der Waals surface area contributed by atoms with Crippen molar-refractivity contribution >= 4 is 15.6 Å². The minimum atomic E-state index is -5.07. The first-order chi connectivity index (χ1) is 9.56. The van der Waals surface area contributed by atoms with Crippen LogP contribution in [0.4, 0.5) is 0 Å². The van der Waals surface area contributed by atoms with Gasteiger partial charge < -0.3 is 14.7 Å². The van der Waals surface area contributed by atoms with E-state index >= 15 is 0 Å². The van der Waals surface area contributed by atoms with Crippen molar-refractivity contribution < 1.29 is 32.6 Å². The number of phosphoric acid groups is 2. The molecule has 0 heterocycles. The van der Waals surface area contributed by atoms with Gasteiger partial charge in [0.1, 0.15) is 0 Å². The molecule has 0 spiro atoms. The second-order valence-corrected chi connectivity index (χ2v) is 7.19. The molecule has 0 aromatic carbocycles. The SMILES string of the molecule is C#CCC(C)=CCCC(C)=CCOP(=O)(O)OP(=O)(O)O. The van der Waals surface area contributed by atoms with Crippen LogP contribution in [0.1, 0.15) is 33.1 Å². The first-order valence-electron chi connectivity index (χ1n) is 6.04. The van der Waals surface area contributed by atoms with Crippen molar-refractivity contribution in [3.8, 4) is 12.3 Å². The Kier molecular flexibility index (Phi) is 9.03. The van der Waals surface area contributed by atoms with Gasteiger partial charge in [-0.05, 0) is 26.7 Å². The summed E-state index contributed by atoms with van der Waals surface area (Å²) in [5, 5.41) is 0. The van der Waals surface area contributed by atoms with E-state index in [1.807, 2.05) is 13.0 Å². The highest BCUT2D eigenvalue weighted by molar-refractivity contribution is 7.60. The zero-order valence-electron chi connectivity index (χ0n) is 11.9. The quantitative estimate of drug-likeness (QED) is 0.336. The molecule has 0 aliphatic rings. The van der Waals surface area contributed by atoms with Crippen LogP contribution in [0.25, 0.3) is 0 Å². The summed E-state index contributed by atoms with van der Waals surface area (Å²) < 4.78 is 29.6. The van der Waals surface area contributed by atoms with Crippen LogP contribution in [0.3, 0.4) is 0 Å². The number of rotatable bonds is 9. The second-order valence-electron chi connectivity index (χ2n) is 4.36. The van der Waals surface area contributed by atoms with E-state index in [2.05, 4.69) is 14.8 Å². The normalized spacial score (nSPS) is 16.4. The Labute approximate surface area is 124 Å². The lowest BCUT2D eigenvalue weighted by molar-refractivity contribution is 0.191. The summed E-state index contributed by atoms with van der Waals surface area (Å²) in [5.41, 5.74) is 1.99. The van der Waals surface area contributed by atoms with Crippen LogP contribution < -0.4 is 0 Å². The van der Waals surface area contributed by atoms with Crippen LogP contribution in [0.15, 0.2) is 23.3 Å². The third-order valence-corrected chi connectivity index (χ3v) is 4.44. The van der Waals surface area contributed by atoms with Gasteiger partial charge in [-0.2, -0.15) is 4.31 Å².